The molecule has 0 amide bonds. The summed E-state index contributed by atoms with van der Waals surface area (Å²) in [6, 6.07) is 2.41. The Balaban J connectivity index is 2.23. The van der Waals surface area contributed by atoms with Gasteiger partial charge in [0.1, 0.15) is 5.75 Å². The number of nitrogens with one attached hydrogen (secondary N) is 1. The van der Waals surface area contributed by atoms with Gasteiger partial charge in [0, 0.05) is 0 Å². The standard InChI is InChI=1S/C13H15ClF3NO/c14-11-6-9(4-8-2-1-3-18-7-8)5-10(12(11)19)13(15,16)17/h5-6,8,18-19H,1-4,7H2. The molecular weight excluding hydrogens is 279 g/mol. The van der Waals surface area contributed by atoms with E-state index in [0.717, 1.165) is 32.0 Å². The van der Waals surface area contributed by atoms with Crippen molar-refractivity contribution in [3.63, 3.8) is 0 Å². The first-order valence-corrected chi connectivity index (χ1v) is 6.55. The first kappa shape index (κ1) is 14.5. The van der Waals surface area contributed by atoms with Gasteiger partial charge >= 0.3 is 6.18 Å². The van der Waals surface area contributed by atoms with Gasteiger partial charge in [-0.3, -0.25) is 0 Å². The Morgan fingerprint density at radius 1 is 1.37 bits per heavy atom. The molecule has 2 N–H and O–H groups in total. The summed E-state index contributed by atoms with van der Waals surface area (Å²) in [4.78, 5) is 0. The average molecular weight is 294 g/mol. The minimum atomic E-state index is -4.59. The maximum atomic E-state index is 12.8. The Kier molecular flexibility index (Phi) is 4.26. The number of hydrogen-bond donors (Lipinski definition) is 2. The Morgan fingerprint density at radius 2 is 2.11 bits per heavy atom. The second-order valence-corrected chi connectivity index (χ2v) is 5.30. The highest BCUT2D eigenvalue weighted by Crippen LogP contribution is 2.40. The molecule has 2 rings (SSSR count). The van der Waals surface area contributed by atoms with Crippen LogP contribution in [0.5, 0.6) is 5.75 Å². The lowest BCUT2D eigenvalue weighted by Crippen LogP contribution is -2.30. The number of halogens is 4. The minimum Gasteiger partial charge on any atom is -0.506 e. The zero-order chi connectivity index (χ0) is 14.0. The van der Waals surface area contributed by atoms with E-state index in [0.29, 0.717) is 17.9 Å². The van der Waals surface area contributed by atoms with Crippen LogP contribution in [0, 0.1) is 5.92 Å². The summed E-state index contributed by atoms with van der Waals surface area (Å²) in [7, 11) is 0. The lowest BCUT2D eigenvalue weighted by Gasteiger charge is -2.23. The van der Waals surface area contributed by atoms with E-state index in [1.165, 1.54) is 6.07 Å². The zero-order valence-corrected chi connectivity index (χ0v) is 11.0. The van der Waals surface area contributed by atoms with Crippen LogP contribution in [0.1, 0.15) is 24.0 Å². The van der Waals surface area contributed by atoms with Crippen molar-refractivity contribution < 1.29 is 18.3 Å². The molecule has 1 atom stereocenters. The van der Waals surface area contributed by atoms with E-state index in [-0.39, 0.29) is 5.02 Å². The fourth-order valence-electron chi connectivity index (χ4n) is 2.42. The maximum Gasteiger partial charge on any atom is 0.420 e. The SMILES string of the molecule is Oc1c(Cl)cc(CC2CCCNC2)cc1C(F)(F)F. The first-order chi connectivity index (χ1) is 8.88. The smallest absolute Gasteiger partial charge is 0.420 e. The topological polar surface area (TPSA) is 32.3 Å². The Hall–Kier alpha value is -0.940. The molecular formula is C13H15ClF3NO. The molecule has 0 radical (unpaired) electrons. The predicted octanol–water partition coefficient (Wildman–Crippen LogP) is 3.61. The van der Waals surface area contributed by atoms with Gasteiger partial charge in [-0.1, -0.05) is 11.6 Å². The van der Waals surface area contributed by atoms with Crippen LogP contribution in [-0.2, 0) is 12.6 Å². The second-order valence-electron chi connectivity index (χ2n) is 4.89. The number of phenolic OH excluding ortho intramolecular Hbond substituents is 1. The molecule has 2 nitrogen and oxygen atoms in total. The van der Waals surface area contributed by atoms with Crippen LogP contribution in [0.4, 0.5) is 13.2 Å². The third kappa shape index (κ3) is 3.54. The molecule has 1 heterocycles. The largest absolute Gasteiger partial charge is 0.506 e. The van der Waals surface area contributed by atoms with E-state index in [4.69, 9.17) is 11.6 Å². The quantitative estimate of drug-likeness (QED) is 0.873. The Labute approximate surface area is 114 Å². The third-order valence-electron chi connectivity index (χ3n) is 3.35. The minimum absolute atomic E-state index is 0.242. The molecule has 0 bridgehead atoms. The van der Waals surface area contributed by atoms with Crippen molar-refractivity contribution in [2.45, 2.75) is 25.4 Å². The fraction of sp³-hybridized carbons (Fsp3) is 0.538. The fourth-order valence-corrected chi connectivity index (χ4v) is 2.66. The van der Waals surface area contributed by atoms with Gasteiger partial charge < -0.3 is 10.4 Å². The van der Waals surface area contributed by atoms with E-state index in [1.807, 2.05) is 0 Å². The molecule has 1 aliphatic heterocycles. The summed E-state index contributed by atoms with van der Waals surface area (Å²) >= 11 is 5.68. The second kappa shape index (κ2) is 5.59. The number of hydrogen-bond acceptors (Lipinski definition) is 2. The summed E-state index contributed by atoms with van der Waals surface area (Å²) in [5.41, 5.74) is -0.539. The van der Waals surface area contributed by atoms with Crippen LogP contribution in [-0.4, -0.2) is 18.2 Å². The number of alkyl halides is 3. The molecule has 1 saturated heterocycles. The molecule has 1 aliphatic rings. The van der Waals surface area contributed by atoms with Crippen LogP contribution in [0.25, 0.3) is 0 Å². The van der Waals surface area contributed by atoms with E-state index < -0.39 is 17.5 Å². The van der Waals surface area contributed by atoms with E-state index >= 15 is 0 Å². The molecule has 106 valence electrons. The number of piperidine rings is 1. The van der Waals surface area contributed by atoms with Crippen LogP contribution in [0.2, 0.25) is 5.02 Å². The predicted molar refractivity (Wildman–Crippen MR) is 67.4 cm³/mol. The summed E-state index contributed by atoms with van der Waals surface area (Å²) in [6.45, 7) is 1.76. The summed E-state index contributed by atoms with van der Waals surface area (Å²) < 4.78 is 38.3. The van der Waals surface area contributed by atoms with E-state index in [1.54, 1.807) is 0 Å². The summed E-state index contributed by atoms with van der Waals surface area (Å²) in [5.74, 6) is -0.574. The van der Waals surface area contributed by atoms with Crippen molar-refractivity contribution in [1.29, 1.82) is 0 Å². The van der Waals surface area contributed by atoms with Gasteiger partial charge in [-0.05, 0) is 56.0 Å². The first-order valence-electron chi connectivity index (χ1n) is 6.17. The van der Waals surface area contributed by atoms with Crippen LogP contribution in [0.3, 0.4) is 0 Å². The highest BCUT2D eigenvalue weighted by Gasteiger charge is 2.35. The number of rotatable bonds is 2. The lowest BCUT2D eigenvalue weighted by molar-refractivity contribution is -0.138. The van der Waals surface area contributed by atoms with Crippen molar-refractivity contribution in [2.24, 2.45) is 5.92 Å². The molecule has 0 saturated carbocycles. The number of benzene rings is 1. The van der Waals surface area contributed by atoms with Gasteiger partial charge in [0.2, 0.25) is 0 Å². The molecule has 0 aliphatic carbocycles. The molecule has 1 aromatic rings. The molecule has 0 aromatic heterocycles. The van der Waals surface area contributed by atoms with Crippen molar-refractivity contribution in [3.8, 4) is 5.75 Å². The highest BCUT2D eigenvalue weighted by atomic mass is 35.5. The van der Waals surface area contributed by atoms with E-state index in [9.17, 15) is 18.3 Å². The van der Waals surface area contributed by atoms with Gasteiger partial charge in [-0.25, -0.2) is 0 Å². The maximum absolute atomic E-state index is 12.8. The van der Waals surface area contributed by atoms with Crippen molar-refractivity contribution >= 4 is 11.6 Å². The molecule has 1 unspecified atom stereocenters. The lowest BCUT2D eigenvalue weighted by atomic mass is 9.91. The molecule has 19 heavy (non-hydrogen) atoms. The average Bonchev–Trinajstić information content (AvgIpc) is 2.33. The van der Waals surface area contributed by atoms with Crippen molar-refractivity contribution in [3.05, 3.63) is 28.3 Å². The monoisotopic (exact) mass is 293 g/mol. The molecule has 1 fully saturated rings. The van der Waals surface area contributed by atoms with E-state index in [2.05, 4.69) is 5.32 Å². The number of phenols is 1. The summed E-state index contributed by atoms with van der Waals surface area (Å²) in [6.07, 6.45) is -2.03. The zero-order valence-electron chi connectivity index (χ0n) is 10.2. The van der Waals surface area contributed by atoms with Crippen LogP contribution >= 0.6 is 11.6 Å². The molecule has 0 spiro atoms. The van der Waals surface area contributed by atoms with Gasteiger partial charge in [-0.15, -0.1) is 0 Å². The highest BCUT2D eigenvalue weighted by molar-refractivity contribution is 6.32. The van der Waals surface area contributed by atoms with Gasteiger partial charge in [0.25, 0.3) is 0 Å². The normalized spacial score (nSPS) is 20.5. The van der Waals surface area contributed by atoms with Crippen molar-refractivity contribution in [2.75, 3.05) is 13.1 Å². The van der Waals surface area contributed by atoms with Crippen LogP contribution < -0.4 is 5.32 Å². The van der Waals surface area contributed by atoms with Gasteiger partial charge in [0.15, 0.2) is 0 Å². The van der Waals surface area contributed by atoms with Gasteiger partial charge in [-0.2, -0.15) is 13.2 Å². The Bertz CT molecular complexity index is 456. The number of aromatic hydroxyl groups is 1. The third-order valence-corrected chi connectivity index (χ3v) is 3.64. The molecule has 6 heteroatoms. The summed E-state index contributed by atoms with van der Waals surface area (Å²) in [5, 5.41) is 12.4. The van der Waals surface area contributed by atoms with Gasteiger partial charge in [0.05, 0.1) is 10.6 Å². The molecule has 1 aromatic carbocycles. The Morgan fingerprint density at radius 3 is 2.68 bits per heavy atom. The van der Waals surface area contributed by atoms with Crippen molar-refractivity contribution in [1.82, 2.24) is 5.32 Å². The van der Waals surface area contributed by atoms with Crippen LogP contribution in [0.15, 0.2) is 12.1 Å².